The van der Waals surface area contributed by atoms with E-state index in [0.717, 1.165) is 16.8 Å². The second-order valence-corrected chi connectivity index (χ2v) is 7.00. The van der Waals surface area contributed by atoms with Crippen molar-refractivity contribution in [2.24, 2.45) is 0 Å². The topological polar surface area (TPSA) is 170 Å². The van der Waals surface area contributed by atoms with Gasteiger partial charge in [0.15, 0.2) is 0 Å². The number of amides is 2. The molecule has 176 valence electrons. The van der Waals surface area contributed by atoms with E-state index in [4.69, 9.17) is 15.3 Å². The number of aryl methyl sites for hydroxylation is 2. The molecule has 0 saturated heterocycles. The molecule has 2 aromatic carbocycles. The van der Waals surface area contributed by atoms with Gasteiger partial charge in [-0.1, -0.05) is 30.3 Å². The van der Waals surface area contributed by atoms with Gasteiger partial charge in [0.25, 0.3) is 0 Å². The fraction of sp³-hybridized carbons (Fsp3) is 0.261. The Kier molecular flexibility index (Phi) is 10.8. The highest BCUT2D eigenvalue weighted by Crippen LogP contribution is 2.19. The Hall–Kier alpha value is -4.21. The number of carboxylic acid groups (broad SMARTS) is 3. The van der Waals surface area contributed by atoms with Crippen LogP contribution >= 0.6 is 0 Å². The number of rotatable bonds is 9. The van der Waals surface area contributed by atoms with Crippen LogP contribution in [0.2, 0.25) is 0 Å². The second-order valence-electron chi connectivity index (χ2n) is 7.00. The van der Waals surface area contributed by atoms with Crippen LogP contribution in [-0.2, 0) is 19.2 Å². The van der Waals surface area contributed by atoms with Gasteiger partial charge in [-0.2, -0.15) is 0 Å². The van der Waals surface area contributed by atoms with Gasteiger partial charge in [0, 0.05) is 18.5 Å². The average Bonchev–Trinajstić information content (AvgIpc) is 2.74. The monoisotopic (exact) mass is 458 g/mol. The first-order valence-electron chi connectivity index (χ1n) is 9.93. The molecule has 2 aromatic rings. The zero-order valence-electron chi connectivity index (χ0n) is 18.3. The molecule has 33 heavy (non-hydrogen) atoms. The van der Waals surface area contributed by atoms with E-state index in [2.05, 4.69) is 10.6 Å². The van der Waals surface area contributed by atoms with Gasteiger partial charge in [-0.25, -0.2) is 4.79 Å². The van der Waals surface area contributed by atoms with E-state index in [1.165, 1.54) is 18.2 Å². The average molecular weight is 458 g/mol. The van der Waals surface area contributed by atoms with Crippen LogP contribution in [-0.4, -0.2) is 45.0 Å². The van der Waals surface area contributed by atoms with Crippen LogP contribution in [0.3, 0.4) is 0 Å². The van der Waals surface area contributed by atoms with Gasteiger partial charge in [-0.3, -0.25) is 19.2 Å². The summed E-state index contributed by atoms with van der Waals surface area (Å²) in [4.78, 5) is 54.2. The van der Waals surface area contributed by atoms with Crippen LogP contribution in [0, 0.1) is 13.8 Å². The number of carbonyl (C=O) groups excluding carboxylic acids is 2. The normalized spacial score (nSPS) is 9.76. The Morgan fingerprint density at radius 2 is 1.15 bits per heavy atom. The van der Waals surface area contributed by atoms with Crippen molar-refractivity contribution in [2.45, 2.75) is 39.5 Å². The van der Waals surface area contributed by atoms with E-state index in [0.29, 0.717) is 0 Å². The lowest BCUT2D eigenvalue weighted by atomic mass is 10.1. The van der Waals surface area contributed by atoms with Crippen molar-refractivity contribution in [2.75, 3.05) is 10.6 Å². The number of aliphatic carboxylic acids is 2. The van der Waals surface area contributed by atoms with Gasteiger partial charge in [0.2, 0.25) is 11.8 Å². The Bertz CT molecular complexity index is 1010. The molecule has 0 aliphatic carbocycles. The summed E-state index contributed by atoms with van der Waals surface area (Å²) >= 11 is 0. The Balaban J connectivity index is 0.000000331. The van der Waals surface area contributed by atoms with Crippen molar-refractivity contribution in [1.82, 2.24) is 0 Å². The minimum Gasteiger partial charge on any atom is -0.481 e. The summed E-state index contributed by atoms with van der Waals surface area (Å²) in [6.07, 6.45) is -0.621. The molecule has 0 heterocycles. The van der Waals surface area contributed by atoms with E-state index in [9.17, 15) is 24.0 Å². The van der Waals surface area contributed by atoms with Gasteiger partial charge < -0.3 is 26.0 Å². The van der Waals surface area contributed by atoms with Gasteiger partial charge in [-0.05, 0) is 37.1 Å². The minimum atomic E-state index is -1.15. The lowest BCUT2D eigenvalue weighted by Crippen LogP contribution is -2.15. The lowest BCUT2D eigenvalue weighted by molar-refractivity contribution is -0.138. The van der Waals surface area contributed by atoms with Crippen molar-refractivity contribution in [3.05, 3.63) is 59.2 Å². The maximum atomic E-state index is 11.4. The number of nitrogens with one attached hydrogen (secondary N) is 2. The standard InChI is InChI=1S/C12H15NO3.C11H11NO5/c1-8-4-3-5-9(2)12(8)13-10(14)6-7-11(15)16;13-9(5-6-10(14)15)12-8-4-2-1-3-7(8)11(16)17/h3-5H,6-7H2,1-2H3,(H,13,14)(H,15,16);1-4H,5-6H2,(H,12,13)(H,14,15)(H,16,17). The second kappa shape index (κ2) is 13.3. The van der Waals surface area contributed by atoms with Crippen molar-refractivity contribution < 1.29 is 39.3 Å². The zero-order valence-corrected chi connectivity index (χ0v) is 18.3. The van der Waals surface area contributed by atoms with E-state index < -0.39 is 23.8 Å². The molecule has 0 bridgehead atoms. The molecule has 0 spiro atoms. The third kappa shape index (κ3) is 10.1. The number of hydrogen-bond acceptors (Lipinski definition) is 5. The molecule has 0 radical (unpaired) electrons. The first-order valence-corrected chi connectivity index (χ1v) is 9.93. The summed E-state index contributed by atoms with van der Waals surface area (Å²) in [5.41, 5.74) is 2.86. The van der Waals surface area contributed by atoms with Crippen molar-refractivity contribution in [3.8, 4) is 0 Å². The van der Waals surface area contributed by atoms with Crippen molar-refractivity contribution in [3.63, 3.8) is 0 Å². The first-order chi connectivity index (χ1) is 15.5. The van der Waals surface area contributed by atoms with Crippen LogP contribution in [0.5, 0.6) is 0 Å². The zero-order chi connectivity index (χ0) is 25.0. The molecular formula is C23H26N2O8. The number of carboxylic acids is 3. The Morgan fingerprint density at radius 3 is 1.64 bits per heavy atom. The summed E-state index contributed by atoms with van der Waals surface area (Å²) < 4.78 is 0. The van der Waals surface area contributed by atoms with Crippen molar-refractivity contribution in [1.29, 1.82) is 0 Å². The number of anilines is 2. The Labute approximate surface area is 190 Å². The third-order valence-electron chi connectivity index (χ3n) is 4.31. The fourth-order valence-electron chi connectivity index (χ4n) is 2.65. The van der Waals surface area contributed by atoms with Gasteiger partial charge in [0.1, 0.15) is 0 Å². The lowest BCUT2D eigenvalue weighted by Gasteiger charge is -2.10. The van der Waals surface area contributed by atoms with Gasteiger partial charge >= 0.3 is 17.9 Å². The molecule has 0 aliphatic heterocycles. The van der Waals surface area contributed by atoms with Crippen molar-refractivity contribution >= 4 is 41.1 Å². The van der Waals surface area contributed by atoms with E-state index in [1.807, 2.05) is 32.0 Å². The van der Waals surface area contributed by atoms with Gasteiger partial charge in [-0.15, -0.1) is 0 Å². The van der Waals surface area contributed by atoms with Crippen LogP contribution in [0.1, 0.15) is 47.2 Å². The summed E-state index contributed by atoms with van der Waals surface area (Å²) in [5.74, 6) is -3.98. The minimum absolute atomic E-state index is 0.00308. The largest absolute Gasteiger partial charge is 0.481 e. The number of carbonyl (C=O) groups is 5. The predicted octanol–water partition coefficient (Wildman–Crippen LogP) is 3.29. The summed E-state index contributed by atoms with van der Waals surface area (Å²) in [5, 5.41) is 30.8. The summed E-state index contributed by atoms with van der Waals surface area (Å²) in [6.45, 7) is 3.81. The molecule has 0 aliphatic rings. The number of benzene rings is 2. The third-order valence-corrected chi connectivity index (χ3v) is 4.31. The van der Waals surface area contributed by atoms with E-state index in [1.54, 1.807) is 6.07 Å². The fourth-order valence-corrected chi connectivity index (χ4v) is 2.65. The van der Waals surface area contributed by atoms with Gasteiger partial charge in [0.05, 0.1) is 24.1 Å². The maximum absolute atomic E-state index is 11.4. The molecule has 2 rings (SSSR count). The molecule has 0 fully saturated rings. The first kappa shape index (κ1) is 26.8. The summed E-state index contributed by atoms with van der Waals surface area (Å²) in [6, 6.07) is 11.6. The van der Waals surface area contributed by atoms with E-state index in [-0.39, 0.29) is 42.8 Å². The molecule has 5 N–H and O–H groups in total. The SMILES string of the molecule is Cc1cccc(C)c1NC(=O)CCC(=O)O.O=C(O)CCC(=O)Nc1ccccc1C(=O)O. The molecule has 0 aromatic heterocycles. The number of para-hydroxylation sites is 2. The molecule has 2 amide bonds. The van der Waals surface area contributed by atoms with Crippen LogP contribution in [0.15, 0.2) is 42.5 Å². The molecule has 10 heteroatoms. The summed E-state index contributed by atoms with van der Waals surface area (Å²) in [7, 11) is 0. The van der Waals surface area contributed by atoms with Crippen LogP contribution < -0.4 is 10.6 Å². The highest BCUT2D eigenvalue weighted by Gasteiger charge is 2.12. The number of aromatic carboxylic acids is 1. The van der Waals surface area contributed by atoms with Crippen LogP contribution in [0.25, 0.3) is 0 Å². The molecule has 10 nitrogen and oxygen atoms in total. The highest BCUT2D eigenvalue weighted by atomic mass is 16.4. The maximum Gasteiger partial charge on any atom is 0.337 e. The molecular weight excluding hydrogens is 432 g/mol. The highest BCUT2D eigenvalue weighted by molar-refractivity contribution is 6.01. The van der Waals surface area contributed by atoms with Crippen LogP contribution in [0.4, 0.5) is 11.4 Å². The molecule has 0 unspecified atom stereocenters. The van der Waals surface area contributed by atoms with E-state index >= 15 is 0 Å². The molecule has 0 saturated carbocycles. The number of hydrogen-bond donors (Lipinski definition) is 5. The Morgan fingerprint density at radius 1 is 0.667 bits per heavy atom. The molecule has 0 atom stereocenters. The quantitative estimate of drug-likeness (QED) is 0.381. The predicted molar refractivity (Wildman–Crippen MR) is 120 cm³/mol. The smallest absolute Gasteiger partial charge is 0.337 e.